The van der Waals surface area contributed by atoms with Crippen molar-refractivity contribution in [1.82, 2.24) is 20.8 Å². The van der Waals surface area contributed by atoms with E-state index in [0.717, 1.165) is 28.6 Å². The van der Waals surface area contributed by atoms with Crippen LogP contribution in [0.15, 0.2) is 60.0 Å². The molecule has 0 bridgehead atoms. The van der Waals surface area contributed by atoms with E-state index >= 15 is 0 Å². The Labute approximate surface area is 198 Å². The largest absolute Gasteiger partial charge is 0.497 e. The fourth-order valence-electron chi connectivity index (χ4n) is 4.35. The first kappa shape index (κ1) is 21.7. The van der Waals surface area contributed by atoms with E-state index in [2.05, 4.69) is 50.2 Å². The fraction of sp³-hybridized carbons (Fsp3) is 0.333. The van der Waals surface area contributed by atoms with E-state index < -0.39 is 0 Å². The van der Waals surface area contributed by atoms with E-state index in [1.165, 1.54) is 22.9 Å². The second kappa shape index (κ2) is 8.99. The van der Waals surface area contributed by atoms with Crippen LogP contribution < -0.4 is 20.9 Å². The molecule has 0 aromatic heterocycles. The van der Waals surface area contributed by atoms with Gasteiger partial charge in [0.2, 0.25) is 5.91 Å². The average molecular weight is 465 g/mol. The fourth-order valence-corrected chi connectivity index (χ4v) is 5.12. The van der Waals surface area contributed by atoms with E-state index in [1.807, 2.05) is 49.7 Å². The third-order valence-corrected chi connectivity index (χ3v) is 7.31. The number of hydrazone groups is 1. The number of ether oxygens (including phenoxy) is 1. The summed E-state index contributed by atoms with van der Waals surface area (Å²) in [6.07, 6.45) is 5.02. The van der Waals surface area contributed by atoms with Crippen molar-refractivity contribution in [2.24, 2.45) is 5.10 Å². The van der Waals surface area contributed by atoms with Crippen molar-refractivity contribution in [3.63, 3.8) is 0 Å². The van der Waals surface area contributed by atoms with Crippen LogP contribution in [0.1, 0.15) is 29.2 Å². The molecule has 5 rings (SSSR count). The molecule has 3 atom stereocenters. The molecule has 9 heteroatoms. The lowest BCUT2D eigenvalue weighted by Gasteiger charge is -2.36. The number of amidine groups is 1. The Kier molecular flexibility index (Phi) is 5.90. The smallest absolute Gasteiger partial charge is 0.234 e. The van der Waals surface area contributed by atoms with Gasteiger partial charge in [-0.2, -0.15) is 5.10 Å². The van der Waals surface area contributed by atoms with Crippen molar-refractivity contribution in [1.29, 1.82) is 0 Å². The molecule has 3 N–H and O–H groups in total. The monoisotopic (exact) mass is 464 g/mol. The van der Waals surface area contributed by atoms with Gasteiger partial charge in [0.25, 0.3) is 0 Å². The predicted molar refractivity (Wildman–Crippen MR) is 131 cm³/mol. The van der Waals surface area contributed by atoms with Crippen molar-refractivity contribution in [3.05, 3.63) is 71.6 Å². The number of hydrogen-bond donors (Lipinski definition) is 3. The third kappa shape index (κ3) is 4.38. The first-order valence-electron chi connectivity index (χ1n) is 11.0. The number of carbonyl (C=O) groups is 1. The first-order chi connectivity index (χ1) is 16.0. The molecule has 0 aliphatic carbocycles. The van der Waals surface area contributed by atoms with Gasteiger partial charge < -0.3 is 20.0 Å². The van der Waals surface area contributed by atoms with Gasteiger partial charge in [0.05, 0.1) is 24.9 Å². The number of hydrogen-bond acceptors (Lipinski definition) is 8. The summed E-state index contributed by atoms with van der Waals surface area (Å²) in [5, 5.41) is 10.5. The molecule has 0 saturated carbocycles. The molecule has 1 fully saturated rings. The van der Waals surface area contributed by atoms with Gasteiger partial charge in [-0.1, -0.05) is 30.0 Å². The van der Waals surface area contributed by atoms with Gasteiger partial charge in [-0.25, -0.2) is 5.43 Å². The zero-order valence-electron chi connectivity index (χ0n) is 18.9. The molecule has 33 heavy (non-hydrogen) atoms. The molecule has 172 valence electrons. The van der Waals surface area contributed by atoms with Crippen LogP contribution in [-0.2, 0) is 4.79 Å². The van der Waals surface area contributed by atoms with Gasteiger partial charge in [-0.3, -0.25) is 10.2 Å². The summed E-state index contributed by atoms with van der Waals surface area (Å²) in [6.45, 7) is 4.10. The van der Waals surface area contributed by atoms with Gasteiger partial charge in [-0.05, 0) is 61.2 Å². The van der Waals surface area contributed by atoms with Crippen LogP contribution in [0.25, 0.3) is 0 Å². The van der Waals surface area contributed by atoms with E-state index in [-0.39, 0.29) is 24.2 Å². The Morgan fingerprint density at radius 2 is 2.00 bits per heavy atom. The normalized spacial score (nSPS) is 23.0. The van der Waals surface area contributed by atoms with E-state index in [1.54, 1.807) is 7.11 Å². The number of rotatable bonds is 5. The number of anilines is 1. The van der Waals surface area contributed by atoms with Crippen molar-refractivity contribution in [2.75, 3.05) is 18.2 Å². The molecule has 2 aromatic carbocycles. The molecule has 1 amide bonds. The van der Waals surface area contributed by atoms with Crippen LogP contribution >= 0.6 is 11.8 Å². The highest BCUT2D eigenvalue weighted by Crippen LogP contribution is 2.35. The van der Waals surface area contributed by atoms with Gasteiger partial charge >= 0.3 is 0 Å². The summed E-state index contributed by atoms with van der Waals surface area (Å²) in [7, 11) is 1.68. The SMILES string of the molecule is COc1ccc(C2CC3C4NN=C(SCC(=O)Nc5ccc(C)c(C)c5)N4C=CN3N2)cc1. The van der Waals surface area contributed by atoms with E-state index in [4.69, 9.17) is 4.74 Å². The number of fused-ring (bicyclic) bond motifs is 3. The second-order valence-electron chi connectivity index (χ2n) is 8.47. The zero-order chi connectivity index (χ0) is 22.9. The Balaban J connectivity index is 1.17. The van der Waals surface area contributed by atoms with Gasteiger partial charge in [0.15, 0.2) is 5.17 Å². The minimum absolute atomic E-state index is 0.0241. The van der Waals surface area contributed by atoms with Gasteiger partial charge in [-0.15, -0.1) is 0 Å². The number of amides is 1. The average Bonchev–Trinajstić information content (AvgIpc) is 3.44. The van der Waals surface area contributed by atoms with Crippen molar-refractivity contribution in [2.45, 2.75) is 38.5 Å². The van der Waals surface area contributed by atoms with Crippen LogP contribution in [0.4, 0.5) is 5.69 Å². The highest BCUT2D eigenvalue weighted by atomic mass is 32.2. The highest BCUT2D eigenvalue weighted by molar-refractivity contribution is 8.14. The number of aryl methyl sites for hydroxylation is 2. The maximum atomic E-state index is 12.5. The van der Waals surface area contributed by atoms with Crippen LogP contribution in [0.3, 0.4) is 0 Å². The summed E-state index contributed by atoms with van der Waals surface area (Å²) in [5.41, 5.74) is 11.3. The highest BCUT2D eigenvalue weighted by Gasteiger charge is 2.44. The standard InChI is InChI=1S/C24H28N6O2S/c1-15-4-7-18(12-16(15)2)25-22(31)14-33-24-27-26-23-21-13-20(28-30(21)11-10-29(23)24)17-5-8-19(32-3)9-6-17/h4-12,20-21,23,26,28H,13-14H2,1-3H3,(H,25,31). The van der Waals surface area contributed by atoms with E-state index in [9.17, 15) is 4.79 Å². The van der Waals surface area contributed by atoms with Crippen LogP contribution in [-0.4, -0.2) is 46.1 Å². The van der Waals surface area contributed by atoms with Gasteiger partial charge in [0, 0.05) is 18.1 Å². The number of hydrazine groups is 1. The molecule has 0 spiro atoms. The molecular weight excluding hydrogens is 436 g/mol. The number of benzene rings is 2. The van der Waals surface area contributed by atoms with Gasteiger partial charge in [0.1, 0.15) is 11.9 Å². The molecule has 0 radical (unpaired) electrons. The third-order valence-electron chi connectivity index (χ3n) is 6.35. The summed E-state index contributed by atoms with van der Waals surface area (Å²) in [4.78, 5) is 14.6. The number of nitrogens with one attached hydrogen (secondary N) is 3. The number of methoxy groups -OCH3 is 1. The molecule has 1 saturated heterocycles. The van der Waals surface area contributed by atoms with Crippen molar-refractivity contribution >= 4 is 28.5 Å². The van der Waals surface area contributed by atoms with E-state index in [0.29, 0.717) is 5.75 Å². The summed E-state index contributed by atoms with van der Waals surface area (Å²) >= 11 is 1.44. The molecule has 8 nitrogen and oxygen atoms in total. The Morgan fingerprint density at radius 1 is 1.18 bits per heavy atom. The topological polar surface area (TPSA) is 81.2 Å². The summed E-state index contributed by atoms with van der Waals surface area (Å²) in [5.74, 6) is 1.11. The minimum Gasteiger partial charge on any atom is -0.497 e. The first-order valence-corrected chi connectivity index (χ1v) is 12.0. The lowest BCUT2D eigenvalue weighted by atomic mass is 10.00. The predicted octanol–water partition coefficient (Wildman–Crippen LogP) is 3.29. The molecule has 3 heterocycles. The lowest BCUT2D eigenvalue weighted by molar-refractivity contribution is -0.113. The molecule has 3 unspecified atom stereocenters. The van der Waals surface area contributed by atoms with Crippen molar-refractivity contribution in [3.8, 4) is 5.75 Å². The summed E-state index contributed by atoms with van der Waals surface area (Å²) < 4.78 is 5.27. The Morgan fingerprint density at radius 3 is 2.76 bits per heavy atom. The van der Waals surface area contributed by atoms with Crippen LogP contribution in [0.2, 0.25) is 0 Å². The molecular formula is C24H28N6O2S. The summed E-state index contributed by atoms with van der Waals surface area (Å²) in [6, 6.07) is 14.6. The minimum atomic E-state index is -0.0425. The number of thioether (sulfide) groups is 1. The lowest BCUT2D eigenvalue weighted by Crippen LogP contribution is -2.54. The number of nitrogens with zero attached hydrogens (tertiary/aromatic N) is 3. The van der Waals surface area contributed by atoms with Crippen molar-refractivity contribution < 1.29 is 9.53 Å². The van der Waals surface area contributed by atoms with Crippen LogP contribution in [0.5, 0.6) is 5.75 Å². The number of carbonyl (C=O) groups excluding carboxylic acids is 1. The maximum Gasteiger partial charge on any atom is 0.234 e. The zero-order valence-corrected chi connectivity index (χ0v) is 19.7. The second-order valence-corrected chi connectivity index (χ2v) is 9.42. The molecule has 3 aliphatic rings. The Hall–Kier alpha value is -3.17. The van der Waals surface area contributed by atoms with Crippen LogP contribution in [0, 0.1) is 13.8 Å². The quantitative estimate of drug-likeness (QED) is 0.627. The Bertz CT molecular complexity index is 1100. The molecule has 3 aliphatic heterocycles. The maximum absolute atomic E-state index is 12.5. The molecule has 2 aromatic rings.